The number of methoxy groups -OCH3 is 2. The quantitative estimate of drug-likeness (QED) is 0.742. The third kappa shape index (κ3) is 4.72. The minimum absolute atomic E-state index is 0.0270. The monoisotopic (exact) mass is 415 g/mol. The Labute approximate surface area is 178 Å². The Hall–Kier alpha value is -2.28. The summed E-state index contributed by atoms with van der Waals surface area (Å²) in [6, 6.07) is 5.26. The second-order valence-electron chi connectivity index (χ2n) is 8.72. The molecule has 0 spiro atoms. The zero-order valence-electron chi connectivity index (χ0n) is 18.1. The lowest BCUT2D eigenvalue weighted by Crippen LogP contribution is -2.57. The molecule has 2 aliphatic carbocycles. The zero-order valence-corrected chi connectivity index (χ0v) is 18.1. The summed E-state index contributed by atoms with van der Waals surface area (Å²) in [5, 5.41) is 3.11. The van der Waals surface area contributed by atoms with Crippen molar-refractivity contribution in [2.75, 3.05) is 45.7 Å². The van der Waals surface area contributed by atoms with Crippen molar-refractivity contribution in [2.45, 2.75) is 44.6 Å². The molecule has 164 valence electrons. The Kier molecular flexibility index (Phi) is 6.46. The molecule has 30 heavy (non-hydrogen) atoms. The van der Waals surface area contributed by atoms with Gasteiger partial charge < -0.3 is 19.7 Å². The third-order valence-electron chi connectivity index (χ3n) is 6.68. The van der Waals surface area contributed by atoms with Crippen molar-refractivity contribution >= 4 is 17.5 Å². The number of hydrogen-bond donors (Lipinski definition) is 1. The van der Waals surface area contributed by atoms with E-state index in [-0.39, 0.29) is 17.9 Å². The lowest BCUT2D eigenvalue weighted by atomic mass is 9.94. The van der Waals surface area contributed by atoms with Crippen LogP contribution in [0.1, 0.15) is 38.5 Å². The number of rotatable bonds is 7. The molecular formula is C23H33N3O4. The molecule has 1 aliphatic heterocycles. The molecule has 7 heteroatoms. The predicted molar refractivity (Wildman–Crippen MR) is 115 cm³/mol. The van der Waals surface area contributed by atoms with Crippen molar-refractivity contribution in [1.82, 2.24) is 9.80 Å². The Morgan fingerprint density at radius 3 is 2.07 bits per heavy atom. The van der Waals surface area contributed by atoms with Crippen molar-refractivity contribution < 1.29 is 19.1 Å². The maximum atomic E-state index is 13.4. The van der Waals surface area contributed by atoms with Gasteiger partial charge in [0.15, 0.2) is 0 Å². The van der Waals surface area contributed by atoms with Gasteiger partial charge in [0.25, 0.3) is 0 Å². The average molecular weight is 416 g/mol. The molecule has 2 amide bonds. The first-order valence-corrected chi connectivity index (χ1v) is 11.2. The maximum Gasteiger partial charge on any atom is 0.242 e. The van der Waals surface area contributed by atoms with Gasteiger partial charge in [-0.1, -0.05) is 12.8 Å². The van der Waals surface area contributed by atoms with Gasteiger partial charge >= 0.3 is 0 Å². The fourth-order valence-electron chi connectivity index (χ4n) is 4.86. The molecule has 0 aromatic heterocycles. The van der Waals surface area contributed by atoms with E-state index in [9.17, 15) is 9.59 Å². The first-order chi connectivity index (χ1) is 14.6. The number of anilines is 1. The van der Waals surface area contributed by atoms with Crippen LogP contribution in [0.25, 0.3) is 0 Å². The number of ether oxygens (including phenoxy) is 2. The molecule has 7 nitrogen and oxygen atoms in total. The number of nitrogens with one attached hydrogen (secondary N) is 1. The largest absolute Gasteiger partial charge is 0.497 e. The van der Waals surface area contributed by atoms with Crippen LogP contribution in [0, 0.1) is 11.8 Å². The number of piperazine rings is 1. The van der Waals surface area contributed by atoms with Crippen LogP contribution in [0.5, 0.6) is 11.5 Å². The smallest absolute Gasteiger partial charge is 0.242 e. The number of carbonyl (C=O) groups excluding carboxylic acids is 2. The van der Waals surface area contributed by atoms with Gasteiger partial charge in [-0.3, -0.25) is 14.5 Å². The second-order valence-corrected chi connectivity index (χ2v) is 8.72. The SMILES string of the molecule is COc1cc(NC(=O)C(C2CCCC2)N2CCN(C(=O)C3CC3)CC2)cc(OC)c1. The highest BCUT2D eigenvalue weighted by molar-refractivity contribution is 5.95. The summed E-state index contributed by atoms with van der Waals surface area (Å²) < 4.78 is 10.7. The van der Waals surface area contributed by atoms with E-state index in [1.807, 2.05) is 17.0 Å². The first kappa shape index (κ1) is 21.0. The van der Waals surface area contributed by atoms with Gasteiger partial charge in [-0.2, -0.15) is 0 Å². The van der Waals surface area contributed by atoms with Crippen LogP contribution in [0.4, 0.5) is 5.69 Å². The van der Waals surface area contributed by atoms with Crippen molar-refractivity contribution in [3.8, 4) is 11.5 Å². The molecule has 2 saturated carbocycles. The van der Waals surface area contributed by atoms with E-state index in [1.54, 1.807) is 20.3 Å². The summed E-state index contributed by atoms with van der Waals surface area (Å²) >= 11 is 0. The summed E-state index contributed by atoms with van der Waals surface area (Å²) in [5.74, 6) is 2.25. The van der Waals surface area contributed by atoms with Crippen LogP contribution in [0.2, 0.25) is 0 Å². The van der Waals surface area contributed by atoms with E-state index in [4.69, 9.17) is 9.47 Å². The van der Waals surface area contributed by atoms with Gasteiger partial charge in [0.1, 0.15) is 11.5 Å². The van der Waals surface area contributed by atoms with Crippen LogP contribution in [-0.2, 0) is 9.59 Å². The molecule has 4 rings (SSSR count). The molecule has 1 heterocycles. The number of benzene rings is 1. The van der Waals surface area contributed by atoms with E-state index < -0.39 is 0 Å². The molecule has 1 aromatic rings. The highest BCUT2D eigenvalue weighted by atomic mass is 16.5. The van der Waals surface area contributed by atoms with Crippen molar-refractivity contribution in [1.29, 1.82) is 0 Å². The fraction of sp³-hybridized carbons (Fsp3) is 0.652. The van der Waals surface area contributed by atoms with E-state index in [1.165, 1.54) is 12.8 Å². The molecule has 0 bridgehead atoms. The lowest BCUT2D eigenvalue weighted by molar-refractivity contribution is -0.135. The Balaban J connectivity index is 1.46. The Morgan fingerprint density at radius 2 is 1.53 bits per heavy atom. The fourth-order valence-corrected chi connectivity index (χ4v) is 4.86. The molecular weight excluding hydrogens is 382 g/mol. The molecule has 1 aromatic carbocycles. The van der Waals surface area contributed by atoms with Crippen LogP contribution < -0.4 is 14.8 Å². The second kappa shape index (κ2) is 9.25. The molecule has 1 unspecified atom stereocenters. The topological polar surface area (TPSA) is 71.1 Å². The van der Waals surface area contributed by atoms with Crippen LogP contribution in [0.3, 0.4) is 0 Å². The molecule has 1 atom stereocenters. The van der Waals surface area contributed by atoms with Gasteiger partial charge in [0.2, 0.25) is 11.8 Å². The molecule has 1 saturated heterocycles. The van der Waals surface area contributed by atoms with E-state index in [2.05, 4.69) is 10.2 Å². The minimum Gasteiger partial charge on any atom is -0.497 e. The number of amides is 2. The van der Waals surface area contributed by atoms with Crippen molar-refractivity contribution in [3.05, 3.63) is 18.2 Å². The standard InChI is InChI=1S/C23H33N3O4/c1-29-19-13-18(14-20(15-19)30-2)24-22(27)21(16-5-3-4-6-16)25-9-11-26(12-10-25)23(28)17-7-8-17/h13-17,21H,3-12H2,1-2H3,(H,24,27). The number of nitrogens with zero attached hydrogens (tertiary/aromatic N) is 2. The minimum atomic E-state index is -0.164. The van der Waals surface area contributed by atoms with Crippen LogP contribution in [-0.4, -0.2) is 68.1 Å². The van der Waals surface area contributed by atoms with Gasteiger partial charge in [-0.25, -0.2) is 0 Å². The normalized spacial score (nSPS) is 21.3. The Morgan fingerprint density at radius 1 is 0.933 bits per heavy atom. The van der Waals surface area contributed by atoms with Gasteiger partial charge in [0.05, 0.1) is 20.3 Å². The molecule has 0 radical (unpaired) electrons. The Bertz CT molecular complexity index is 743. The molecule has 1 N–H and O–H groups in total. The first-order valence-electron chi connectivity index (χ1n) is 11.2. The van der Waals surface area contributed by atoms with E-state index >= 15 is 0 Å². The number of hydrogen-bond acceptors (Lipinski definition) is 5. The molecule has 3 fully saturated rings. The van der Waals surface area contributed by atoms with Gasteiger partial charge in [0, 0.05) is 56.0 Å². The highest BCUT2D eigenvalue weighted by Gasteiger charge is 2.39. The summed E-state index contributed by atoms with van der Waals surface area (Å²) in [5.41, 5.74) is 0.682. The van der Waals surface area contributed by atoms with Crippen molar-refractivity contribution in [2.24, 2.45) is 11.8 Å². The maximum absolute atomic E-state index is 13.4. The summed E-state index contributed by atoms with van der Waals surface area (Å²) in [4.78, 5) is 30.1. The predicted octanol–water partition coefficient (Wildman–Crippen LogP) is 2.76. The average Bonchev–Trinajstić information content (AvgIpc) is 3.49. The van der Waals surface area contributed by atoms with Crippen LogP contribution in [0.15, 0.2) is 18.2 Å². The van der Waals surface area contributed by atoms with Gasteiger partial charge in [-0.15, -0.1) is 0 Å². The summed E-state index contributed by atoms with van der Waals surface area (Å²) in [6.07, 6.45) is 6.61. The van der Waals surface area contributed by atoms with E-state index in [0.717, 1.165) is 51.9 Å². The summed E-state index contributed by atoms with van der Waals surface area (Å²) in [7, 11) is 3.20. The van der Waals surface area contributed by atoms with Gasteiger partial charge in [-0.05, 0) is 31.6 Å². The summed E-state index contributed by atoms with van der Waals surface area (Å²) in [6.45, 7) is 2.96. The highest BCUT2D eigenvalue weighted by Crippen LogP contribution is 2.34. The molecule has 3 aliphatic rings. The number of carbonyl (C=O) groups is 2. The van der Waals surface area contributed by atoms with E-state index in [0.29, 0.717) is 29.0 Å². The third-order valence-corrected chi connectivity index (χ3v) is 6.68. The lowest BCUT2D eigenvalue weighted by Gasteiger charge is -2.40. The van der Waals surface area contributed by atoms with Crippen molar-refractivity contribution in [3.63, 3.8) is 0 Å². The van der Waals surface area contributed by atoms with Crippen LogP contribution >= 0.6 is 0 Å². The zero-order chi connectivity index (χ0) is 21.1.